The normalized spacial score (nSPS) is 52.6. The Morgan fingerprint density at radius 2 is 2.05 bits per heavy atom. The molecule has 1 heterocycles. The molecule has 2 fully saturated rings. The average Bonchev–Trinajstić information content (AvgIpc) is 2.60. The Balaban J connectivity index is 2.07. The Kier molecular flexibility index (Phi) is 2.50. The third kappa shape index (κ3) is 1.55. The van der Waals surface area contributed by atoms with Crippen molar-refractivity contribution in [2.24, 2.45) is 23.2 Å². The summed E-state index contributed by atoms with van der Waals surface area (Å²) in [5, 5.41) is 10.6. The highest BCUT2D eigenvalue weighted by atomic mass is 16.6. The maximum absolute atomic E-state index is 12.3. The van der Waals surface area contributed by atoms with Crippen LogP contribution in [0.5, 0.6) is 0 Å². The van der Waals surface area contributed by atoms with E-state index in [1.807, 2.05) is 13.8 Å². The van der Waals surface area contributed by atoms with Gasteiger partial charge in [-0.1, -0.05) is 13.8 Å². The van der Waals surface area contributed by atoms with E-state index >= 15 is 0 Å². The van der Waals surface area contributed by atoms with Crippen molar-refractivity contribution in [2.45, 2.75) is 45.3 Å². The fraction of sp³-hybridized carbons (Fsp3) is 0.733. The first kappa shape index (κ1) is 12.9. The summed E-state index contributed by atoms with van der Waals surface area (Å²) >= 11 is 0. The van der Waals surface area contributed by atoms with Gasteiger partial charge in [0.2, 0.25) is 0 Å². The Morgan fingerprint density at radius 1 is 1.37 bits per heavy atom. The van der Waals surface area contributed by atoms with Gasteiger partial charge >= 0.3 is 5.97 Å². The molecule has 0 aromatic rings. The molecule has 3 rings (SSSR count). The lowest BCUT2D eigenvalue weighted by atomic mass is 9.53. The number of ether oxygens (including phenoxy) is 1. The molecule has 19 heavy (non-hydrogen) atoms. The first-order valence-corrected chi connectivity index (χ1v) is 6.94. The zero-order valence-corrected chi connectivity index (χ0v) is 11.6. The minimum Gasteiger partial charge on any atom is -0.461 e. The zero-order valence-electron chi connectivity index (χ0n) is 11.6. The van der Waals surface area contributed by atoms with E-state index in [9.17, 15) is 14.7 Å². The van der Waals surface area contributed by atoms with Crippen molar-refractivity contribution in [2.75, 3.05) is 0 Å². The molecule has 4 heteroatoms. The van der Waals surface area contributed by atoms with Crippen LogP contribution in [0.1, 0.15) is 33.6 Å². The van der Waals surface area contributed by atoms with E-state index in [2.05, 4.69) is 0 Å². The van der Waals surface area contributed by atoms with Crippen LogP contribution in [0.25, 0.3) is 0 Å². The minimum atomic E-state index is -1.10. The standard InChI is InChI=1S/C15H20O4/c1-8-9-4-6-14(2)10(16)5-7-15(3,18)12(14)11(9)19-13(8)17/h5,7-9,11-12,18H,4,6H2,1-3H3/t8-,9-,11?,12?,14-,15+/m0/s1. The molecule has 1 saturated heterocycles. The van der Waals surface area contributed by atoms with Gasteiger partial charge in [0.25, 0.3) is 0 Å². The summed E-state index contributed by atoms with van der Waals surface area (Å²) in [6.45, 7) is 5.48. The van der Waals surface area contributed by atoms with E-state index in [1.165, 1.54) is 6.08 Å². The molecule has 0 spiro atoms. The first-order chi connectivity index (χ1) is 8.77. The summed E-state index contributed by atoms with van der Waals surface area (Å²) in [4.78, 5) is 24.1. The summed E-state index contributed by atoms with van der Waals surface area (Å²) in [6, 6.07) is 0. The number of aliphatic hydroxyl groups is 1. The number of hydrogen-bond acceptors (Lipinski definition) is 4. The van der Waals surface area contributed by atoms with E-state index in [1.54, 1.807) is 13.0 Å². The van der Waals surface area contributed by atoms with Crippen LogP contribution in [0, 0.1) is 23.2 Å². The molecule has 4 nitrogen and oxygen atoms in total. The topological polar surface area (TPSA) is 63.6 Å². The Bertz CT molecular complexity index is 479. The smallest absolute Gasteiger partial charge is 0.309 e. The second-order valence-electron chi connectivity index (χ2n) is 6.71. The highest BCUT2D eigenvalue weighted by Crippen LogP contribution is 2.56. The molecule has 2 unspecified atom stereocenters. The number of hydrogen-bond donors (Lipinski definition) is 1. The molecular formula is C15H20O4. The molecule has 0 aromatic heterocycles. The molecule has 0 amide bonds. The van der Waals surface area contributed by atoms with Gasteiger partial charge in [0, 0.05) is 17.3 Å². The van der Waals surface area contributed by atoms with Crippen molar-refractivity contribution in [3.8, 4) is 0 Å². The third-order valence-electron chi connectivity index (χ3n) is 5.46. The van der Waals surface area contributed by atoms with Crippen molar-refractivity contribution >= 4 is 11.8 Å². The molecule has 0 bridgehead atoms. The van der Waals surface area contributed by atoms with Gasteiger partial charge in [-0.25, -0.2) is 0 Å². The fourth-order valence-corrected chi connectivity index (χ4v) is 4.29. The summed E-state index contributed by atoms with van der Waals surface area (Å²) in [5.41, 5.74) is -1.72. The van der Waals surface area contributed by atoms with Crippen LogP contribution >= 0.6 is 0 Å². The molecule has 1 saturated carbocycles. The predicted octanol–water partition coefficient (Wildman–Crippen LogP) is 1.47. The molecular weight excluding hydrogens is 244 g/mol. The van der Waals surface area contributed by atoms with E-state index in [4.69, 9.17) is 4.74 Å². The largest absolute Gasteiger partial charge is 0.461 e. The lowest BCUT2D eigenvalue weighted by Gasteiger charge is -2.52. The van der Waals surface area contributed by atoms with Crippen LogP contribution in [0.2, 0.25) is 0 Å². The van der Waals surface area contributed by atoms with Gasteiger partial charge in [-0.15, -0.1) is 0 Å². The maximum atomic E-state index is 12.3. The lowest BCUT2D eigenvalue weighted by Crippen LogP contribution is -2.59. The van der Waals surface area contributed by atoms with Crippen molar-refractivity contribution in [3.63, 3.8) is 0 Å². The number of carbonyl (C=O) groups is 2. The average molecular weight is 264 g/mol. The van der Waals surface area contributed by atoms with Gasteiger partial charge in [0.05, 0.1) is 11.5 Å². The maximum Gasteiger partial charge on any atom is 0.309 e. The second kappa shape index (κ2) is 3.69. The number of carbonyl (C=O) groups excluding carboxylic acids is 2. The summed E-state index contributed by atoms with van der Waals surface area (Å²) in [5.74, 6) is -0.511. The summed E-state index contributed by atoms with van der Waals surface area (Å²) in [7, 11) is 0. The van der Waals surface area contributed by atoms with Gasteiger partial charge < -0.3 is 9.84 Å². The molecule has 1 N–H and O–H groups in total. The molecule has 104 valence electrons. The van der Waals surface area contributed by atoms with Gasteiger partial charge in [-0.05, 0) is 31.9 Å². The number of allylic oxidation sites excluding steroid dienone is 1. The van der Waals surface area contributed by atoms with Gasteiger partial charge in [0.15, 0.2) is 5.78 Å². The Labute approximate surface area is 112 Å². The molecule has 3 aliphatic rings. The Hall–Kier alpha value is -1.16. The van der Waals surface area contributed by atoms with Crippen LogP contribution in [-0.2, 0) is 14.3 Å². The highest BCUT2D eigenvalue weighted by Gasteiger charge is 2.62. The predicted molar refractivity (Wildman–Crippen MR) is 68.1 cm³/mol. The quantitative estimate of drug-likeness (QED) is 0.673. The van der Waals surface area contributed by atoms with E-state index in [-0.39, 0.29) is 35.6 Å². The van der Waals surface area contributed by atoms with E-state index in [0.717, 1.165) is 6.42 Å². The van der Waals surface area contributed by atoms with Crippen LogP contribution < -0.4 is 0 Å². The lowest BCUT2D eigenvalue weighted by molar-refractivity contribution is -0.167. The van der Waals surface area contributed by atoms with Crippen molar-refractivity contribution in [1.82, 2.24) is 0 Å². The number of fused-ring (bicyclic) bond motifs is 3. The van der Waals surface area contributed by atoms with Crippen molar-refractivity contribution in [3.05, 3.63) is 12.2 Å². The second-order valence-corrected chi connectivity index (χ2v) is 6.71. The van der Waals surface area contributed by atoms with Crippen molar-refractivity contribution < 1.29 is 19.4 Å². The van der Waals surface area contributed by atoms with E-state index in [0.29, 0.717) is 6.42 Å². The molecule has 1 aliphatic heterocycles. The van der Waals surface area contributed by atoms with Crippen LogP contribution in [0.3, 0.4) is 0 Å². The van der Waals surface area contributed by atoms with Gasteiger partial charge in [-0.3, -0.25) is 9.59 Å². The van der Waals surface area contributed by atoms with Crippen molar-refractivity contribution in [1.29, 1.82) is 0 Å². The third-order valence-corrected chi connectivity index (χ3v) is 5.46. The van der Waals surface area contributed by atoms with Gasteiger partial charge in [-0.2, -0.15) is 0 Å². The van der Waals surface area contributed by atoms with Crippen LogP contribution in [-0.4, -0.2) is 28.6 Å². The SMILES string of the molecule is C[C@@H]1C(=O)OC2C3[C@@](C)(CC[C@H]21)C(=O)C=C[C@@]3(C)O. The molecule has 6 atom stereocenters. The monoisotopic (exact) mass is 264 g/mol. The minimum absolute atomic E-state index is 0.0399. The number of rotatable bonds is 0. The van der Waals surface area contributed by atoms with E-state index < -0.39 is 11.0 Å². The summed E-state index contributed by atoms with van der Waals surface area (Å²) < 4.78 is 5.51. The molecule has 0 radical (unpaired) electrons. The van der Waals surface area contributed by atoms with Crippen LogP contribution in [0.4, 0.5) is 0 Å². The Morgan fingerprint density at radius 3 is 2.74 bits per heavy atom. The molecule has 2 aliphatic carbocycles. The van der Waals surface area contributed by atoms with Crippen LogP contribution in [0.15, 0.2) is 12.2 Å². The number of ketones is 1. The number of esters is 1. The summed E-state index contributed by atoms with van der Waals surface area (Å²) in [6.07, 6.45) is 4.21. The fourth-order valence-electron chi connectivity index (χ4n) is 4.29. The first-order valence-electron chi connectivity index (χ1n) is 6.94. The highest BCUT2D eigenvalue weighted by molar-refractivity contribution is 5.96. The zero-order chi connectivity index (χ0) is 14.0. The molecule has 0 aromatic carbocycles. The van der Waals surface area contributed by atoms with Gasteiger partial charge in [0.1, 0.15) is 6.10 Å².